The summed E-state index contributed by atoms with van der Waals surface area (Å²) in [4.78, 5) is 15.0. The third-order valence-corrected chi connectivity index (χ3v) is 7.75. The number of hydrogen-bond acceptors (Lipinski definition) is 5. The summed E-state index contributed by atoms with van der Waals surface area (Å²) in [7, 11) is -3.61. The van der Waals surface area contributed by atoms with Crippen molar-refractivity contribution >= 4 is 27.5 Å². The highest BCUT2D eigenvalue weighted by Crippen LogP contribution is 2.31. The third kappa shape index (κ3) is 4.66. The fourth-order valence-electron chi connectivity index (χ4n) is 3.95. The molecule has 2 aliphatic heterocycles. The van der Waals surface area contributed by atoms with Gasteiger partial charge in [-0.15, -0.1) is 0 Å². The van der Waals surface area contributed by atoms with Crippen molar-refractivity contribution in [2.45, 2.75) is 18.2 Å². The summed E-state index contributed by atoms with van der Waals surface area (Å²) in [5.74, 6) is 1.10. The summed E-state index contributed by atoms with van der Waals surface area (Å²) in [6, 6.07) is 11.8. The Bertz CT molecular complexity index is 1050. The number of sulfonamides is 1. The lowest BCUT2D eigenvalue weighted by atomic mass is 9.95. The molecular weight excluding hydrogens is 440 g/mol. The molecule has 0 aliphatic carbocycles. The van der Waals surface area contributed by atoms with Gasteiger partial charge in [0.25, 0.3) is 0 Å². The van der Waals surface area contributed by atoms with Crippen LogP contribution in [0.15, 0.2) is 47.4 Å². The minimum atomic E-state index is -3.61. The van der Waals surface area contributed by atoms with Crippen LogP contribution in [0.2, 0.25) is 5.02 Å². The molecule has 0 N–H and O–H groups in total. The highest BCUT2D eigenvalue weighted by atomic mass is 35.5. The topological polar surface area (TPSA) is 76.2 Å². The number of halogens is 1. The number of piperazine rings is 1. The van der Waals surface area contributed by atoms with E-state index in [0.717, 1.165) is 11.3 Å². The Morgan fingerprint density at radius 2 is 1.84 bits per heavy atom. The van der Waals surface area contributed by atoms with Crippen molar-refractivity contribution in [3.05, 3.63) is 53.1 Å². The van der Waals surface area contributed by atoms with Crippen LogP contribution in [0.25, 0.3) is 0 Å². The molecule has 0 aromatic heterocycles. The smallest absolute Gasteiger partial charge is 0.243 e. The molecule has 2 heterocycles. The Morgan fingerprint density at radius 3 is 2.52 bits per heavy atom. The summed E-state index contributed by atoms with van der Waals surface area (Å²) in [5.41, 5.74) is 0.925. The molecule has 1 saturated heterocycles. The lowest BCUT2D eigenvalue weighted by molar-refractivity contribution is -0.138. The number of nitrogens with zero attached hydrogens (tertiary/aromatic N) is 2. The monoisotopic (exact) mass is 464 g/mol. The minimum absolute atomic E-state index is 0.0104. The zero-order chi connectivity index (χ0) is 22.0. The van der Waals surface area contributed by atoms with Crippen molar-refractivity contribution in [1.82, 2.24) is 9.21 Å². The normalized spacial score (nSPS) is 19.4. The second-order valence-electron chi connectivity index (χ2n) is 7.60. The van der Waals surface area contributed by atoms with E-state index < -0.39 is 10.0 Å². The van der Waals surface area contributed by atoms with Crippen molar-refractivity contribution in [1.29, 1.82) is 0 Å². The lowest BCUT2D eigenvalue weighted by Gasteiger charge is -2.36. The third-order valence-electron chi connectivity index (χ3n) is 5.60. The molecule has 2 aromatic rings. The average Bonchev–Trinajstić information content (AvgIpc) is 2.79. The zero-order valence-corrected chi connectivity index (χ0v) is 18.9. The number of fused-ring (bicyclic) bond motifs is 1. The zero-order valence-electron chi connectivity index (χ0n) is 17.3. The highest BCUT2D eigenvalue weighted by molar-refractivity contribution is 7.89. The van der Waals surface area contributed by atoms with E-state index in [1.54, 1.807) is 35.2 Å². The van der Waals surface area contributed by atoms with Crippen molar-refractivity contribution in [2.24, 2.45) is 5.92 Å². The number of carbonyl (C=O) groups is 1. The molecule has 0 unspecified atom stereocenters. The van der Waals surface area contributed by atoms with Crippen LogP contribution >= 0.6 is 11.6 Å². The molecule has 0 saturated carbocycles. The Kier molecular flexibility index (Phi) is 6.41. The minimum Gasteiger partial charge on any atom is -0.494 e. The molecule has 0 radical (unpaired) electrons. The first-order valence-corrected chi connectivity index (χ1v) is 12.1. The Balaban J connectivity index is 1.37. The Morgan fingerprint density at radius 1 is 1.13 bits per heavy atom. The molecule has 31 heavy (non-hydrogen) atoms. The van der Waals surface area contributed by atoms with Gasteiger partial charge in [0.15, 0.2) is 0 Å². The summed E-state index contributed by atoms with van der Waals surface area (Å²) in [5, 5.41) is 0.614. The summed E-state index contributed by atoms with van der Waals surface area (Å²) < 4.78 is 38.5. The van der Waals surface area contributed by atoms with E-state index in [1.165, 1.54) is 4.31 Å². The first-order valence-electron chi connectivity index (χ1n) is 10.3. The van der Waals surface area contributed by atoms with E-state index in [-0.39, 0.29) is 29.8 Å². The quantitative estimate of drug-likeness (QED) is 0.680. The van der Waals surface area contributed by atoms with Gasteiger partial charge >= 0.3 is 0 Å². The van der Waals surface area contributed by atoms with Crippen LogP contribution in [-0.2, 0) is 21.2 Å². The van der Waals surface area contributed by atoms with Crippen LogP contribution in [0, 0.1) is 5.92 Å². The molecule has 4 rings (SSSR count). The second kappa shape index (κ2) is 9.06. The Hall–Kier alpha value is -2.29. The van der Waals surface area contributed by atoms with Gasteiger partial charge in [-0.1, -0.05) is 11.6 Å². The van der Waals surface area contributed by atoms with Crippen LogP contribution in [0.1, 0.15) is 12.5 Å². The molecule has 166 valence electrons. The van der Waals surface area contributed by atoms with Crippen molar-refractivity contribution < 1.29 is 22.7 Å². The van der Waals surface area contributed by atoms with Crippen molar-refractivity contribution in [2.75, 3.05) is 39.4 Å². The second-order valence-corrected chi connectivity index (χ2v) is 9.97. The molecule has 1 atom stereocenters. The number of ether oxygens (including phenoxy) is 2. The number of carbonyl (C=O) groups excluding carboxylic acids is 1. The van der Waals surface area contributed by atoms with Crippen LogP contribution in [-0.4, -0.2) is 62.9 Å². The maximum atomic E-state index is 13.0. The number of rotatable bonds is 5. The SMILES string of the molecule is CCOc1ccc(S(=O)(=O)N2CCN(C(=O)[C@@H]3COc4ccc(Cl)cc4C3)CC2)cc1. The van der Waals surface area contributed by atoms with Crippen molar-refractivity contribution in [3.8, 4) is 11.5 Å². The predicted molar refractivity (Wildman–Crippen MR) is 117 cm³/mol. The van der Waals surface area contributed by atoms with E-state index >= 15 is 0 Å². The fourth-order valence-corrected chi connectivity index (χ4v) is 5.57. The molecule has 9 heteroatoms. The van der Waals surface area contributed by atoms with E-state index in [4.69, 9.17) is 21.1 Å². The van der Waals surface area contributed by atoms with Gasteiger partial charge in [-0.25, -0.2) is 8.42 Å². The molecular formula is C22H25ClN2O5S. The standard InChI is InChI=1S/C22H25ClN2O5S/c1-2-29-19-4-6-20(7-5-19)31(27,28)25-11-9-24(10-12-25)22(26)17-13-16-14-18(23)3-8-21(16)30-15-17/h3-8,14,17H,2,9-13,15H2,1H3/t17-/m0/s1. The van der Waals surface area contributed by atoms with Crippen LogP contribution in [0.4, 0.5) is 0 Å². The predicted octanol–water partition coefficient (Wildman–Crippen LogP) is 2.82. The fraction of sp³-hybridized carbons (Fsp3) is 0.409. The molecule has 7 nitrogen and oxygen atoms in total. The van der Waals surface area contributed by atoms with Crippen molar-refractivity contribution in [3.63, 3.8) is 0 Å². The van der Waals surface area contributed by atoms with Gasteiger partial charge in [-0.05, 0) is 61.4 Å². The first kappa shape index (κ1) is 21.9. The van der Waals surface area contributed by atoms with Gasteiger partial charge in [-0.2, -0.15) is 4.31 Å². The van der Waals surface area contributed by atoms with Crippen LogP contribution in [0.5, 0.6) is 11.5 Å². The largest absolute Gasteiger partial charge is 0.494 e. The van der Waals surface area contributed by atoms with Gasteiger partial charge in [0.2, 0.25) is 15.9 Å². The molecule has 2 aromatic carbocycles. The number of benzene rings is 2. The molecule has 0 spiro atoms. The first-order chi connectivity index (χ1) is 14.9. The van der Waals surface area contributed by atoms with Gasteiger partial charge in [0, 0.05) is 31.2 Å². The maximum Gasteiger partial charge on any atom is 0.243 e. The van der Waals surface area contributed by atoms with Gasteiger partial charge < -0.3 is 14.4 Å². The summed E-state index contributed by atoms with van der Waals surface area (Å²) >= 11 is 6.07. The Labute approximate surface area is 187 Å². The van der Waals surface area contributed by atoms with Gasteiger partial charge in [0.1, 0.15) is 18.1 Å². The van der Waals surface area contributed by atoms with Crippen LogP contribution < -0.4 is 9.47 Å². The van der Waals surface area contributed by atoms with Crippen LogP contribution in [0.3, 0.4) is 0 Å². The number of hydrogen-bond donors (Lipinski definition) is 0. The summed E-state index contributed by atoms with van der Waals surface area (Å²) in [6.45, 7) is 3.94. The molecule has 1 fully saturated rings. The maximum absolute atomic E-state index is 13.0. The molecule has 0 bridgehead atoms. The van der Waals surface area contributed by atoms with E-state index in [1.807, 2.05) is 19.1 Å². The van der Waals surface area contributed by atoms with E-state index in [0.29, 0.717) is 43.5 Å². The lowest BCUT2D eigenvalue weighted by Crippen LogP contribution is -2.52. The van der Waals surface area contributed by atoms with Gasteiger partial charge in [0.05, 0.1) is 17.4 Å². The van der Waals surface area contributed by atoms with E-state index in [9.17, 15) is 13.2 Å². The molecule has 2 aliphatic rings. The van der Waals surface area contributed by atoms with Gasteiger partial charge in [-0.3, -0.25) is 4.79 Å². The number of amides is 1. The molecule has 1 amide bonds. The average molecular weight is 465 g/mol. The van der Waals surface area contributed by atoms with E-state index in [2.05, 4.69) is 0 Å². The highest BCUT2D eigenvalue weighted by Gasteiger charge is 2.34. The summed E-state index contributed by atoms with van der Waals surface area (Å²) in [6.07, 6.45) is 0.569.